The maximum atomic E-state index is 13.3. The number of rotatable bonds is 6. The van der Waals surface area contributed by atoms with Crippen LogP contribution in [-0.4, -0.2) is 27.3 Å². The first-order chi connectivity index (χ1) is 14.9. The molecule has 3 aromatic rings. The number of nitriles is 1. The number of anilines is 1. The van der Waals surface area contributed by atoms with Crippen molar-refractivity contribution in [2.24, 2.45) is 7.05 Å². The molecule has 2 heterocycles. The number of hydrogen-bond donors (Lipinski definition) is 0. The molecule has 1 unspecified atom stereocenters. The lowest BCUT2D eigenvalue weighted by molar-refractivity contribution is -0.117. The van der Waals surface area contributed by atoms with Crippen molar-refractivity contribution in [2.75, 3.05) is 11.4 Å². The highest BCUT2D eigenvalue weighted by atomic mass is 32.2. The minimum Gasteiger partial charge on any atom is -0.310 e. The summed E-state index contributed by atoms with van der Waals surface area (Å²) in [5.74, 6) is -0.105. The number of benzene rings is 1. The third-order valence-electron chi connectivity index (χ3n) is 5.59. The summed E-state index contributed by atoms with van der Waals surface area (Å²) in [7, 11) is 1.72. The van der Waals surface area contributed by atoms with E-state index in [0.29, 0.717) is 11.7 Å². The Hall–Kier alpha value is -2.63. The molecule has 8 heteroatoms. The summed E-state index contributed by atoms with van der Waals surface area (Å²) in [6.45, 7) is 4.14. The number of aryl methyl sites for hydroxylation is 3. The van der Waals surface area contributed by atoms with Gasteiger partial charge in [0.25, 0.3) is 5.56 Å². The van der Waals surface area contributed by atoms with E-state index in [1.54, 1.807) is 27.9 Å². The summed E-state index contributed by atoms with van der Waals surface area (Å²) in [5, 5.41) is 9.88. The fourth-order valence-corrected chi connectivity index (χ4v) is 6.13. The molecule has 1 aliphatic rings. The summed E-state index contributed by atoms with van der Waals surface area (Å²) in [4.78, 5) is 34.8. The summed E-state index contributed by atoms with van der Waals surface area (Å²) in [6, 6.07) is 9.82. The van der Waals surface area contributed by atoms with Crippen molar-refractivity contribution in [3.63, 3.8) is 0 Å². The van der Waals surface area contributed by atoms with Gasteiger partial charge in [0.05, 0.1) is 23.1 Å². The second-order valence-corrected chi connectivity index (χ2v) is 10.2. The van der Waals surface area contributed by atoms with E-state index in [2.05, 4.69) is 6.07 Å². The third kappa shape index (κ3) is 4.12. The molecule has 0 N–H and O–H groups in total. The number of carbonyl (C=O) groups excluding carboxylic acids is 1. The lowest BCUT2D eigenvalue weighted by Crippen LogP contribution is -2.37. The maximum absolute atomic E-state index is 13.3. The van der Waals surface area contributed by atoms with Crippen molar-refractivity contribution >= 4 is 44.9 Å². The Morgan fingerprint density at radius 2 is 2.10 bits per heavy atom. The molecule has 1 aliphatic carbocycles. The van der Waals surface area contributed by atoms with Crippen molar-refractivity contribution in [3.8, 4) is 6.07 Å². The highest BCUT2D eigenvalue weighted by Crippen LogP contribution is 2.36. The predicted octanol–water partition coefficient (Wildman–Crippen LogP) is 4.22. The van der Waals surface area contributed by atoms with Gasteiger partial charge in [0.2, 0.25) is 5.91 Å². The van der Waals surface area contributed by atoms with Crippen LogP contribution >= 0.6 is 23.1 Å². The van der Waals surface area contributed by atoms with Gasteiger partial charge in [0.15, 0.2) is 5.16 Å². The molecular formula is C23H24N4O2S2. The van der Waals surface area contributed by atoms with Crippen molar-refractivity contribution in [3.05, 3.63) is 50.6 Å². The molecule has 6 nitrogen and oxygen atoms in total. The number of hydrogen-bond acceptors (Lipinski definition) is 6. The number of fused-ring (bicyclic) bond motifs is 3. The van der Waals surface area contributed by atoms with Crippen molar-refractivity contribution < 1.29 is 4.79 Å². The van der Waals surface area contributed by atoms with Crippen LogP contribution in [0.1, 0.15) is 35.8 Å². The highest BCUT2D eigenvalue weighted by molar-refractivity contribution is 8.00. The smallest absolute Gasteiger partial charge is 0.262 e. The average molecular weight is 453 g/mol. The van der Waals surface area contributed by atoms with E-state index in [0.717, 1.165) is 46.3 Å². The largest absolute Gasteiger partial charge is 0.310 e. The number of aromatic nitrogens is 2. The molecule has 0 radical (unpaired) electrons. The molecule has 0 spiro atoms. The van der Waals surface area contributed by atoms with Crippen LogP contribution in [0.15, 0.2) is 34.2 Å². The molecular weight excluding hydrogens is 428 g/mol. The third-order valence-corrected chi connectivity index (χ3v) is 7.91. The Labute approximate surface area is 189 Å². The van der Waals surface area contributed by atoms with Crippen LogP contribution in [0.5, 0.6) is 0 Å². The first-order valence-corrected chi connectivity index (χ1v) is 12.0. The minimum atomic E-state index is -0.456. The Morgan fingerprint density at radius 3 is 2.81 bits per heavy atom. The van der Waals surface area contributed by atoms with Crippen LogP contribution in [0.3, 0.4) is 0 Å². The molecule has 0 saturated heterocycles. The van der Waals surface area contributed by atoms with Gasteiger partial charge in [-0.25, -0.2) is 4.98 Å². The SMILES string of the molecule is Cc1ccc(N(CCC#N)C(=O)C(C)Sc2nc3sc4c(c3c(=O)n2C)CCC4)cc1. The van der Waals surface area contributed by atoms with Gasteiger partial charge in [-0.15, -0.1) is 11.3 Å². The van der Waals surface area contributed by atoms with E-state index < -0.39 is 5.25 Å². The van der Waals surface area contributed by atoms with Gasteiger partial charge < -0.3 is 4.90 Å². The lowest BCUT2D eigenvalue weighted by atomic mass is 10.2. The monoisotopic (exact) mass is 452 g/mol. The molecule has 2 aromatic heterocycles. The molecule has 1 aromatic carbocycles. The molecule has 0 fully saturated rings. The second-order valence-electron chi connectivity index (χ2n) is 7.79. The van der Waals surface area contributed by atoms with E-state index in [1.165, 1.54) is 16.6 Å². The predicted molar refractivity (Wildman–Crippen MR) is 126 cm³/mol. The molecule has 160 valence electrons. The second kappa shape index (κ2) is 8.85. The normalized spacial score (nSPS) is 13.7. The molecule has 31 heavy (non-hydrogen) atoms. The van der Waals surface area contributed by atoms with Gasteiger partial charge in [-0.05, 0) is 50.8 Å². The number of thioether (sulfide) groups is 1. The van der Waals surface area contributed by atoms with Crippen LogP contribution in [0.2, 0.25) is 0 Å². The summed E-state index contributed by atoms with van der Waals surface area (Å²) in [6.07, 6.45) is 3.31. The molecule has 1 amide bonds. The van der Waals surface area contributed by atoms with Gasteiger partial charge in [-0.1, -0.05) is 29.5 Å². The standard InChI is InChI=1S/C23H24N4O2S2/c1-14-8-10-16(11-9-14)27(13-5-12-24)21(28)15(2)30-23-25-20-19(22(29)26(23)3)17-6-4-7-18(17)31-20/h8-11,15H,4-7,13H2,1-3H3. The minimum absolute atomic E-state index is 0.0357. The van der Waals surface area contributed by atoms with Crippen molar-refractivity contribution in [2.45, 2.75) is 49.9 Å². The topological polar surface area (TPSA) is 79.0 Å². The van der Waals surface area contributed by atoms with Gasteiger partial charge in [0, 0.05) is 24.2 Å². The van der Waals surface area contributed by atoms with E-state index in [9.17, 15) is 9.59 Å². The van der Waals surface area contributed by atoms with Gasteiger partial charge in [0.1, 0.15) is 4.83 Å². The quantitative estimate of drug-likeness (QED) is 0.413. The van der Waals surface area contributed by atoms with E-state index >= 15 is 0 Å². The van der Waals surface area contributed by atoms with Gasteiger partial charge in [-0.3, -0.25) is 14.2 Å². The number of thiophene rings is 1. The zero-order valence-corrected chi connectivity index (χ0v) is 19.5. The zero-order valence-electron chi connectivity index (χ0n) is 17.8. The fraction of sp³-hybridized carbons (Fsp3) is 0.391. The molecule has 0 aliphatic heterocycles. The average Bonchev–Trinajstić information content (AvgIpc) is 3.34. The zero-order chi connectivity index (χ0) is 22.1. The van der Waals surface area contributed by atoms with E-state index in [-0.39, 0.29) is 17.9 Å². The highest BCUT2D eigenvalue weighted by Gasteiger charge is 2.26. The van der Waals surface area contributed by atoms with Crippen LogP contribution in [0, 0.1) is 18.3 Å². The van der Waals surface area contributed by atoms with Crippen molar-refractivity contribution in [1.29, 1.82) is 5.26 Å². The number of nitrogens with zero attached hydrogens (tertiary/aromatic N) is 4. The summed E-state index contributed by atoms with van der Waals surface area (Å²) >= 11 is 2.90. The van der Waals surface area contributed by atoms with Crippen LogP contribution in [-0.2, 0) is 24.7 Å². The first-order valence-electron chi connectivity index (χ1n) is 10.3. The Bertz CT molecular complexity index is 1240. The lowest BCUT2D eigenvalue weighted by Gasteiger charge is -2.25. The van der Waals surface area contributed by atoms with Crippen LogP contribution < -0.4 is 10.5 Å². The maximum Gasteiger partial charge on any atom is 0.262 e. The molecule has 4 rings (SSSR count). The van der Waals surface area contributed by atoms with Crippen LogP contribution in [0.4, 0.5) is 5.69 Å². The van der Waals surface area contributed by atoms with Gasteiger partial charge >= 0.3 is 0 Å². The van der Waals surface area contributed by atoms with Crippen molar-refractivity contribution in [1.82, 2.24) is 9.55 Å². The Morgan fingerprint density at radius 1 is 1.35 bits per heavy atom. The first kappa shape index (κ1) is 21.6. The van der Waals surface area contributed by atoms with E-state index in [4.69, 9.17) is 10.2 Å². The number of carbonyl (C=O) groups is 1. The molecule has 0 bridgehead atoms. The Kier molecular flexibility index (Phi) is 6.17. The molecule has 1 atom stereocenters. The fourth-order valence-electron chi connectivity index (χ4n) is 3.89. The summed E-state index contributed by atoms with van der Waals surface area (Å²) in [5.41, 5.74) is 3.00. The number of amides is 1. The molecule has 0 saturated carbocycles. The van der Waals surface area contributed by atoms with Crippen LogP contribution in [0.25, 0.3) is 10.2 Å². The van der Waals surface area contributed by atoms with Gasteiger partial charge in [-0.2, -0.15) is 5.26 Å². The summed E-state index contributed by atoms with van der Waals surface area (Å²) < 4.78 is 1.56. The Balaban J connectivity index is 1.62. The van der Waals surface area contributed by atoms with E-state index in [1.807, 2.05) is 38.1 Å².